The van der Waals surface area contributed by atoms with Crippen molar-refractivity contribution in [3.8, 4) is 17.2 Å². The molecule has 1 aliphatic carbocycles. The zero-order chi connectivity index (χ0) is 27.7. The van der Waals surface area contributed by atoms with Crippen molar-refractivity contribution in [1.29, 1.82) is 0 Å². The Bertz CT molecular complexity index is 1470. The molecular weight excluding hydrogens is 541 g/mol. The van der Waals surface area contributed by atoms with Gasteiger partial charge in [-0.25, -0.2) is 9.82 Å². The van der Waals surface area contributed by atoms with Gasteiger partial charge in [0.05, 0.1) is 38.7 Å². The van der Waals surface area contributed by atoms with Gasteiger partial charge >= 0.3 is 0 Å². The van der Waals surface area contributed by atoms with E-state index in [2.05, 4.69) is 15.4 Å². The van der Waals surface area contributed by atoms with Crippen LogP contribution in [0.5, 0.6) is 17.2 Å². The van der Waals surface area contributed by atoms with Gasteiger partial charge in [0.2, 0.25) is 11.2 Å². The molecule has 3 aromatic rings. The Morgan fingerprint density at radius 2 is 1.68 bits per heavy atom. The number of methoxy groups -OCH3 is 3. The summed E-state index contributed by atoms with van der Waals surface area (Å²) >= 11 is 0. The fourth-order valence-corrected chi connectivity index (χ4v) is 4.87. The molecule has 0 radical (unpaired) electrons. The maximum absolute atomic E-state index is 15.3. The lowest BCUT2D eigenvalue weighted by molar-refractivity contribution is 0.0953. The quantitative estimate of drug-likeness (QED) is 0.326. The van der Waals surface area contributed by atoms with E-state index >= 15 is 4.39 Å². The topological polar surface area (TPSA) is 97.6 Å². The number of benzene rings is 2. The molecule has 0 bridgehead atoms. The number of amides is 1. The summed E-state index contributed by atoms with van der Waals surface area (Å²) < 4.78 is 33.2. The van der Waals surface area contributed by atoms with Crippen LogP contribution >= 0.6 is 12.4 Å². The minimum Gasteiger partial charge on any atom is -0.493 e. The zero-order valence-electron chi connectivity index (χ0n) is 22.9. The summed E-state index contributed by atoms with van der Waals surface area (Å²) in [6.07, 6.45) is 4.84. The van der Waals surface area contributed by atoms with Crippen LogP contribution in [0.1, 0.15) is 34.8 Å². The highest BCUT2D eigenvalue weighted by Crippen LogP contribution is 2.39. The lowest BCUT2D eigenvalue weighted by Gasteiger charge is -2.34. The summed E-state index contributed by atoms with van der Waals surface area (Å²) in [5, 5.41) is 4.20. The van der Waals surface area contributed by atoms with E-state index in [9.17, 15) is 9.59 Å². The predicted molar refractivity (Wildman–Crippen MR) is 155 cm³/mol. The van der Waals surface area contributed by atoms with Crippen molar-refractivity contribution in [3.63, 3.8) is 0 Å². The summed E-state index contributed by atoms with van der Waals surface area (Å²) in [6.45, 7) is 3.08. The van der Waals surface area contributed by atoms with Crippen LogP contribution in [0.25, 0.3) is 10.9 Å². The first-order chi connectivity index (χ1) is 18.8. The lowest BCUT2D eigenvalue weighted by atomic mass is 10.1. The molecule has 10 nitrogen and oxygen atoms in total. The third kappa shape index (κ3) is 5.71. The van der Waals surface area contributed by atoms with Crippen LogP contribution in [0.4, 0.5) is 10.1 Å². The van der Waals surface area contributed by atoms with E-state index in [1.807, 2.05) is 16.5 Å². The molecule has 2 heterocycles. The number of nitrogens with one attached hydrogen (secondary N) is 1. The summed E-state index contributed by atoms with van der Waals surface area (Å²) in [7, 11) is 6.55. The third-order valence-electron chi connectivity index (χ3n) is 7.20. The number of anilines is 1. The van der Waals surface area contributed by atoms with Crippen LogP contribution in [0, 0.1) is 5.82 Å². The van der Waals surface area contributed by atoms with Crippen LogP contribution in [0.15, 0.2) is 40.4 Å². The Labute approximate surface area is 237 Å². The molecule has 2 aliphatic rings. The number of hydrogen-bond acceptors (Lipinski definition) is 8. The van der Waals surface area contributed by atoms with E-state index in [0.717, 1.165) is 25.9 Å². The number of piperazine rings is 1. The molecule has 1 saturated heterocycles. The molecule has 1 aromatic heterocycles. The van der Waals surface area contributed by atoms with Crippen LogP contribution in [-0.4, -0.2) is 76.1 Å². The Kier molecular flexibility index (Phi) is 8.85. The van der Waals surface area contributed by atoms with Gasteiger partial charge in [0, 0.05) is 49.4 Å². The van der Waals surface area contributed by atoms with Crippen molar-refractivity contribution in [2.45, 2.75) is 18.9 Å². The summed E-state index contributed by atoms with van der Waals surface area (Å²) in [4.78, 5) is 30.6. The number of pyridine rings is 1. The zero-order valence-corrected chi connectivity index (χ0v) is 23.7. The molecule has 1 N–H and O–H groups in total. The second-order valence-electron chi connectivity index (χ2n) is 9.78. The molecule has 214 valence electrons. The molecule has 0 spiro atoms. The van der Waals surface area contributed by atoms with Gasteiger partial charge < -0.3 is 28.6 Å². The monoisotopic (exact) mass is 573 g/mol. The summed E-state index contributed by atoms with van der Waals surface area (Å²) in [6, 6.07) is 6.52. The van der Waals surface area contributed by atoms with Gasteiger partial charge in [-0.2, -0.15) is 5.10 Å². The minimum atomic E-state index is -0.677. The van der Waals surface area contributed by atoms with Crippen LogP contribution in [0.3, 0.4) is 0 Å². The molecule has 0 atom stereocenters. The van der Waals surface area contributed by atoms with E-state index in [1.165, 1.54) is 33.6 Å². The van der Waals surface area contributed by atoms with E-state index in [4.69, 9.17) is 14.2 Å². The van der Waals surface area contributed by atoms with Crippen molar-refractivity contribution in [2.75, 3.05) is 59.5 Å². The van der Waals surface area contributed by atoms with Gasteiger partial charge in [-0.1, -0.05) is 0 Å². The van der Waals surface area contributed by atoms with Gasteiger partial charge in [0.15, 0.2) is 11.5 Å². The Morgan fingerprint density at radius 3 is 2.25 bits per heavy atom. The third-order valence-corrected chi connectivity index (χ3v) is 7.20. The summed E-state index contributed by atoms with van der Waals surface area (Å²) in [5.41, 5.74) is 3.49. The van der Waals surface area contributed by atoms with E-state index in [1.54, 1.807) is 24.4 Å². The average molecular weight is 574 g/mol. The van der Waals surface area contributed by atoms with Crippen molar-refractivity contribution in [3.05, 3.63) is 57.6 Å². The number of carbonyl (C=O) groups excluding carboxylic acids is 1. The first-order valence-corrected chi connectivity index (χ1v) is 12.8. The van der Waals surface area contributed by atoms with Gasteiger partial charge in [-0.3, -0.25) is 9.59 Å². The molecule has 40 heavy (non-hydrogen) atoms. The molecular formula is C28H33ClFN5O5. The molecule has 5 rings (SSSR count). The SMILES string of the molecule is COc1cc(/C=N\NC(=O)c2cn(C3CC3)c3cc(N4CCN(C)CC4)c(F)cc3c2=O)cc(OC)c1OC.Cl. The number of halogens is 2. The van der Waals surface area contributed by atoms with E-state index < -0.39 is 17.2 Å². The highest BCUT2D eigenvalue weighted by molar-refractivity contribution is 5.98. The Hall–Kier alpha value is -3.83. The maximum Gasteiger partial charge on any atom is 0.276 e. The van der Waals surface area contributed by atoms with Crippen LogP contribution in [-0.2, 0) is 0 Å². The van der Waals surface area contributed by atoms with Crippen LogP contribution in [0.2, 0.25) is 0 Å². The largest absolute Gasteiger partial charge is 0.493 e. The predicted octanol–water partition coefficient (Wildman–Crippen LogP) is 3.44. The minimum absolute atomic E-state index is 0. The van der Waals surface area contributed by atoms with Gasteiger partial charge in [0.25, 0.3) is 5.91 Å². The lowest BCUT2D eigenvalue weighted by Crippen LogP contribution is -2.44. The second-order valence-corrected chi connectivity index (χ2v) is 9.78. The van der Waals surface area contributed by atoms with Crippen molar-refractivity contribution >= 4 is 41.1 Å². The molecule has 2 aromatic carbocycles. The average Bonchev–Trinajstić information content (AvgIpc) is 3.78. The fourth-order valence-electron chi connectivity index (χ4n) is 4.87. The molecule has 1 saturated carbocycles. The number of carbonyl (C=O) groups is 1. The molecule has 2 fully saturated rings. The fraction of sp³-hybridized carbons (Fsp3) is 0.393. The summed E-state index contributed by atoms with van der Waals surface area (Å²) in [5.74, 6) is 0.155. The molecule has 1 amide bonds. The molecule has 1 aliphatic heterocycles. The second kappa shape index (κ2) is 12.1. The Morgan fingerprint density at radius 1 is 1.02 bits per heavy atom. The first kappa shape index (κ1) is 29.2. The van der Waals surface area contributed by atoms with Gasteiger partial charge in [0.1, 0.15) is 11.4 Å². The normalized spacial score (nSPS) is 15.7. The number of hydrogen-bond donors (Lipinski definition) is 1. The number of hydrazone groups is 1. The number of rotatable bonds is 8. The van der Waals surface area contributed by atoms with Crippen molar-refractivity contribution in [2.24, 2.45) is 5.10 Å². The van der Waals surface area contributed by atoms with Gasteiger partial charge in [-0.15, -0.1) is 12.4 Å². The highest BCUT2D eigenvalue weighted by Gasteiger charge is 2.28. The Balaban J connectivity index is 0.00000370. The van der Waals surface area contributed by atoms with E-state index in [-0.39, 0.29) is 29.4 Å². The standard InChI is InChI=1S/C28H32FN5O5.ClH/c1-32-7-9-33(10-8-32)23-14-22-19(13-21(23)29)26(35)20(16-34(22)18-5-6-18)28(36)31-30-15-17-11-24(37-2)27(39-4)25(12-17)38-3;/h11-16,18H,5-10H2,1-4H3,(H,31,36);1H/b30-15-;. The number of likely N-dealkylation sites (N-methyl/N-ethyl adjacent to an activating group) is 1. The number of aromatic nitrogens is 1. The smallest absolute Gasteiger partial charge is 0.276 e. The number of fused-ring (bicyclic) bond motifs is 1. The number of nitrogens with zero attached hydrogens (tertiary/aromatic N) is 4. The highest BCUT2D eigenvalue weighted by atomic mass is 35.5. The maximum atomic E-state index is 15.3. The van der Waals surface area contributed by atoms with Crippen molar-refractivity contribution in [1.82, 2.24) is 14.9 Å². The van der Waals surface area contributed by atoms with Gasteiger partial charge in [-0.05, 0) is 44.2 Å². The number of ether oxygens (including phenoxy) is 3. The van der Waals surface area contributed by atoms with Crippen LogP contribution < -0.4 is 30.0 Å². The molecule has 0 unspecified atom stereocenters. The first-order valence-electron chi connectivity index (χ1n) is 12.8. The van der Waals surface area contributed by atoms with Crippen molar-refractivity contribution < 1.29 is 23.4 Å². The van der Waals surface area contributed by atoms with E-state index in [0.29, 0.717) is 47.1 Å². The molecule has 12 heteroatoms.